The lowest BCUT2D eigenvalue weighted by Gasteiger charge is -2.11. The van der Waals surface area contributed by atoms with Crippen molar-refractivity contribution in [1.29, 1.82) is 0 Å². The molecule has 3 aromatic carbocycles. The van der Waals surface area contributed by atoms with Crippen molar-refractivity contribution in [3.63, 3.8) is 0 Å². The van der Waals surface area contributed by atoms with Crippen molar-refractivity contribution in [3.05, 3.63) is 111 Å². The summed E-state index contributed by atoms with van der Waals surface area (Å²) >= 11 is 18.2. The number of amides is 2. The Kier molecular flexibility index (Phi) is 8.63. The first kappa shape index (κ1) is 26.4. The van der Waals surface area contributed by atoms with Gasteiger partial charge >= 0.3 is 0 Å². The van der Waals surface area contributed by atoms with Crippen LogP contribution >= 0.6 is 34.8 Å². The van der Waals surface area contributed by atoms with Gasteiger partial charge < -0.3 is 15.7 Å². The van der Waals surface area contributed by atoms with Crippen molar-refractivity contribution < 1.29 is 14.7 Å². The molecule has 188 valence electrons. The first-order valence-corrected chi connectivity index (χ1v) is 12.3. The van der Waals surface area contributed by atoms with E-state index in [1.165, 1.54) is 24.3 Å². The number of hydrogen-bond donors (Lipinski definition) is 3. The molecule has 0 spiro atoms. The van der Waals surface area contributed by atoms with Crippen LogP contribution < -0.4 is 10.6 Å². The van der Waals surface area contributed by atoms with E-state index in [0.29, 0.717) is 21.3 Å². The monoisotopic (exact) mass is 554 g/mol. The number of nitrogens with one attached hydrogen (secondary N) is 2. The zero-order valence-corrected chi connectivity index (χ0v) is 21.6. The Morgan fingerprint density at radius 3 is 2.32 bits per heavy atom. The summed E-state index contributed by atoms with van der Waals surface area (Å²) in [6.07, 6.45) is 3.27. The molecule has 0 unspecified atom stereocenters. The minimum absolute atomic E-state index is 0.00106. The standard InChI is InChI=1S/C27H21Cl3N4O3/c28-19-8-6-17(7-9-19)25-18(16-34(33-25)21-4-2-1-3-5-21)14-24(27(37)31-12-13-35)32-26(36)22-11-10-20(29)15-23(22)30/h1-11,14-16,35H,12-13H2,(H,31,37)(H,32,36). The van der Waals surface area contributed by atoms with E-state index in [9.17, 15) is 14.7 Å². The van der Waals surface area contributed by atoms with Crippen LogP contribution in [0.3, 0.4) is 0 Å². The highest BCUT2D eigenvalue weighted by Crippen LogP contribution is 2.27. The summed E-state index contributed by atoms with van der Waals surface area (Å²) in [5.74, 6) is -1.20. The number of carbonyl (C=O) groups is 2. The highest BCUT2D eigenvalue weighted by molar-refractivity contribution is 6.36. The number of aliphatic hydroxyl groups is 1. The summed E-state index contributed by atoms with van der Waals surface area (Å²) in [6, 6.07) is 21.0. The fourth-order valence-corrected chi connectivity index (χ4v) is 4.10. The van der Waals surface area contributed by atoms with E-state index in [2.05, 4.69) is 10.6 Å². The maximum atomic E-state index is 13.0. The third kappa shape index (κ3) is 6.58. The average molecular weight is 556 g/mol. The molecule has 1 heterocycles. The molecule has 7 nitrogen and oxygen atoms in total. The van der Waals surface area contributed by atoms with Gasteiger partial charge in [-0.25, -0.2) is 4.68 Å². The zero-order valence-electron chi connectivity index (χ0n) is 19.3. The van der Waals surface area contributed by atoms with E-state index in [4.69, 9.17) is 39.9 Å². The summed E-state index contributed by atoms with van der Waals surface area (Å²) in [5.41, 5.74) is 2.76. The number of benzene rings is 3. The normalized spacial score (nSPS) is 11.3. The van der Waals surface area contributed by atoms with Crippen molar-refractivity contribution >= 4 is 52.7 Å². The number of aromatic nitrogens is 2. The Balaban J connectivity index is 1.80. The number of aliphatic hydroxyl groups excluding tert-OH is 1. The maximum absolute atomic E-state index is 13.0. The van der Waals surface area contributed by atoms with Crippen LogP contribution in [0.1, 0.15) is 15.9 Å². The van der Waals surface area contributed by atoms with E-state index in [1.807, 2.05) is 42.5 Å². The first-order valence-electron chi connectivity index (χ1n) is 11.1. The Hall–Kier alpha value is -3.62. The van der Waals surface area contributed by atoms with Crippen LogP contribution in [0.5, 0.6) is 0 Å². The van der Waals surface area contributed by atoms with Crippen LogP contribution in [0, 0.1) is 0 Å². The minimum Gasteiger partial charge on any atom is -0.395 e. The van der Waals surface area contributed by atoms with Crippen molar-refractivity contribution in [3.8, 4) is 16.9 Å². The van der Waals surface area contributed by atoms with Gasteiger partial charge in [0.1, 0.15) is 11.4 Å². The zero-order chi connectivity index (χ0) is 26.4. The van der Waals surface area contributed by atoms with Crippen LogP contribution in [0.4, 0.5) is 0 Å². The molecule has 0 aliphatic rings. The second-order valence-electron chi connectivity index (χ2n) is 7.84. The number of nitrogens with zero attached hydrogens (tertiary/aromatic N) is 2. The van der Waals surface area contributed by atoms with E-state index in [1.54, 1.807) is 23.0 Å². The lowest BCUT2D eigenvalue weighted by atomic mass is 10.1. The number of para-hydroxylation sites is 1. The van der Waals surface area contributed by atoms with Gasteiger partial charge in [-0.05, 0) is 48.5 Å². The van der Waals surface area contributed by atoms with Crippen LogP contribution in [-0.4, -0.2) is 39.9 Å². The molecule has 3 N–H and O–H groups in total. The lowest BCUT2D eigenvalue weighted by Crippen LogP contribution is -2.36. The number of carbonyl (C=O) groups excluding carboxylic acids is 2. The molecule has 0 bridgehead atoms. The number of halogens is 3. The van der Waals surface area contributed by atoms with E-state index in [0.717, 1.165) is 11.3 Å². The summed E-state index contributed by atoms with van der Waals surface area (Å²) in [5, 5.41) is 20.2. The molecule has 0 atom stereocenters. The molecule has 0 radical (unpaired) electrons. The molecule has 0 fully saturated rings. The van der Waals surface area contributed by atoms with Crippen molar-refractivity contribution in [2.45, 2.75) is 0 Å². The molecule has 4 aromatic rings. The van der Waals surface area contributed by atoms with Gasteiger partial charge in [0.05, 0.1) is 22.9 Å². The smallest absolute Gasteiger partial charge is 0.267 e. The van der Waals surface area contributed by atoms with Crippen LogP contribution in [0.2, 0.25) is 15.1 Å². The van der Waals surface area contributed by atoms with Crippen molar-refractivity contribution in [2.24, 2.45) is 0 Å². The second-order valence-corrected chi connectivity index (χ2v) is 9.12. The van der Waals surface area contributed by atoms with Gasteiger partial charge in [0.25, 0.3) is 11.8 Å². The summed E-state index contributed by atoms with van der Waals surface area (Å²) in [4.78, 5) is 26.0. The van der Waals surface area contributed by atoms with E-state index < -0.39 is 11.8 Å². The van der Waals surface area contributed by atoms with Gasteiger partial charge in [-0.15, -0.1) is 0 Å². The topological polar surface area (TPSA) is 96.2 Å². The highest BCUT2D eigenvalue weighted by atomic mass is 35.5. The molecule has 0 saturated carbocycles. The summed E-state index contributed by atoms with van der Waals surface area (Å²) < 4.78 is 1.68. The maximum Gasteiger partial charge on any atom is 0.267 e. The molecular formula is C27H21Cl3N4O3. The lowest BCUT2D eigenvalue weighted by molar-refractivity contribution is -0.117. The van der Waals surface area contributed by atoms with Gasteiger partial charge in [0, 0.05) is 33.9 Å². The van der Waals surface area contributed by atoms with Crippen LogP contribution in [0.15, 0.2) is 84.7 Å². The third-order valence-corrected chi connectivity index (χ3v) is 6.05. The fourth-order valence-electron chi connectivity index (χ4n) is 3.48. The highest BCUT2D eigenvalue weighted by Gasteiger charge is 2.19. The molecule has 0 aliphatic carbocycles. The predicted molar refractivity (Wildman–Crippen MR) is 146 cm³/mol. The van der Waals surface area contributed by atoms with Gasteiger partial charge in [0.15, 0.2) is 0 Å². The number of rotatable bonds is 8. The molecule has 0 saturated heterocycles. The van der Waals surface area contributed by atoms with Crippen molar-refractivity contribution in [1.82, 2.24) is 20.4 Å². The van der Waals surface area contributed by atoms with Gasteiger partial charge in [0.2, 0.25) is 0 Å². The van der Waals surface area contributed by atoms with Crippen LogP contribution in [-0.2, 0) is 4.79 Å². The second kappa shape index (κ2) is 12.1. The molecule has 1 aromatic heterocycles. The fraction of sp³-hybridized carbons (Fsp3) is 0.0741. The Morgan fingerprint density at radius 1 is 0.946 bits per heavy atom. The molecule has 2 amide bonds. The predicted octanol–water partition coefficient (Wildman–Crippen LogP) is 5.38. The quantitative estimate of drug-likeness (QED) is 0.254. The Labute approximate surface area is 228 Å². The third-order valence-electron chi connectivity index (χ3n) is 5.25. The summed E-state index contributed by atoms with van der Waals surface area (Å²) in [6.45, 7) is -0.265. The molecule has 4 rings (SSSR count). The van der Waals surface area contributed by atoms with Crippen LogP contribution in [0.25, 0.3) is 23.0 Å². The molecular weight excluding hydrogens is 535 g/mol. The van der Waals surface area contributed by atoms with Gasteiger partial charge in [-0.2, -0.15) is 5.10 Å². The largest absolute Gasteiger partial charge is 0.395 e. The van der Waals surface area contributed by atoms with E-state index in [-0.39, 0.29) is 29.4 Å². The van der Waals surface area contributed by atoms with E-state index >= 15 is 0 Å². The summed E-state index contributed by atoms with van der Waals surface area (Å²) in [7, 11) is 0. The SMILES string of the molecule is O=C(NCCO)C(=Cc1cn(-c2ccccc2)nc1-c1ccc(Cl)cc1)NC(=O)c1ccc(Cl)cc1Cl. The van der Waals surface area contributed by atoms with Gasteiger partial charge in [-0.1, -0.05) is 65.1 Å². The first-order chi connectivity index (χ1) is 17.9. The minimum atomic E-state index is -0.601. The molecule has 0 aliphatic heterocycles. The Bertz CT molecular complexity index is 1450. The number of hydrogen-bond acceptors (Lipinski definition) is 4. The average Bonchev–Trinajstić information content (AvgIpc) is 3.31. The Morgan fingerprint density at radius 2 is 1.65 bits per heavy atom. The van der Waals surface area contributed by atoms with Gasteiger partial charge in [-0.3, -0.25) is 9.59 Å². The molecule has 10 heteroatoms. The van der Waals surface area contributed by atoms with Crippen molar-refractivity contribution in [2.75, 3.05) is 13.2 Å². The molecule has 37 heavy (non-hydrogen) atoms.